The average Bonchev–Trinajstić information content (AvgIpc) is 2.65. The van der Waals surface area contributed by atoms with Gasteiger partial charge in [0.2, 0.25) is 5.91 Å². The van der Waals surface area contributed by atoms with Crippen molar-refractivity contribution in [3.05, 3.63) is 59.7 Å². The minimum atomic E-state index is -0.190. The van der Waals surface area contributed by atoms with E-state index in [4.69, 9.17) is 9.47 Å². The van der Waals surface area contributed by atoms with E-state index >= 15 is 0 Å². The number of methoxy groups -OCH3 is 1. The summed E-state index contributed by atoms with van der Waals surface area (Å²) < 4.78 is 10.9. The summed E-state index contributed by atoms with van der Waals surface area (Å²) in [6, 6.07) is 15.4. The predicted molar refractivity (Wildman–Crippen MR) is 92.0 cm³/mol. The van der Waals surface area contributed by atoms with Crippen LogP contribution in [0.3, 0.4) is 0 Å². The van der Waals surface area contributed by atoms with Crippen LogP contribution in [0.4, 0.5) is 0 Å². The van der Waals surface area contributed by atoms with E-state index in [2.05, 4.69) is 17.2 Å². The van der Waals surface area contributed by atoms with Gasteiger partial charge >= 0.3 is 0 Å². The molecule has 0 saturated heterocycles. The summed E-state index contributed by atoms with van der Waals surface area (Å²) in [6.07, 6.45) is 0.664. The van der Waals surface area contributed by atoms with Crippen LogP contribution >= 0.6 is 0 Å². The third-order valence-electron chi connectivity index (χ3n) is 3.91. The van der Waals surface area contributed by atoms with E-state index in [-0.39, 0.29) is 11.8 Å². The minimum absolute atomic E-state index is 0.0289. The molecule has 1 atom stereocenters. The van der Waals surface area contributed by atoms with E-state index < -0.39 is 0 Å². The molecule has 0 aromatic heterocycles. The van der Waals surface area contributed by atoms with Gasteiger partial charge in [0.15, 0.2) is 0 Å². The number of carbonyl (C=O) groups excluding carboxylic acids is 1. The largest absolute Gasteiger partial charge is 0.497 e. The van der Waals surface area contributed by atoms with E-state index in [9.17, 15) is 4.79 Å². The lowest BCUT2D eigenvalue weighted by atomic mass is 9.96. The van der Waals surface area contributed by atoms with Crippen molar-refractivity contribution in [2.45, 2.75) is 6.42 Å². The van der Waals surface area contributed by atoms with Crippen molar-refractivity contribution in [3.63, 3.8) is 0 Å². The summed E-state index contributed by atoms with van der Waals surface area (Å²) in [4.78, 5) is 12.3. The quantitative estimate of drug-likeness (QED) is 0.883. The molecule has 1 aliphatic rings. The van der Waals surface area contributed by atoms with Crippen LogP contribution in [0.5, 0.6) is 11.5 Å². The number of ether oxygens (including phenoxy) is 2. The molecule has 4 heteroatoms. The molecule has 1 heterocycles. The Morgan fingerprint density at radius 3 is 2.92 bits per heavy atom. The van der Waals surface area contributed by atoms with E-state index in [0.29, 0.717) is 19.6 Å². The Hall–Kier alpha value is -2.93. The zero-order valence-electron chi connectivity index (χ0n) is 13.5. The number of rotatable bonds is 3. The van der Waals surface area contributed by atoms with E-state index in [1.54, 1.807) is 7.11 Å². The average molecular weight is 321 g/mol. The van der Waals surface area contributed by atoms with Gasteiger partial charge < -0.3 is 14.8 Å². The van der Waals surface area contributed by atoms with Crippen LogP contribution in [0.1, 0.15) is 11.1 Å². The number of benzene rings is 2. The molecular weight excluding hydrogens is 302 g/mol. The number of amides is 1. The maximum absolute atomic E-state index is 12.3. The summed E-state index contributed by atoms with van der Waals surface area (Å²) >= 11 is 0. The lowest BCUT2D eigenvalue weighted by Gasteiger charge is -2.24. The SMILES string of the molecule is COc1ccc2c(c1)OC[C@@H](C(=O)NCC#Cc1ccccc1)C2. The van der Waals surface area contributed by atoms with Crippen molar-refractivity contribution in [2.24, 2.45) is 5.92 Å². The predicted octanol–water partition coefficient (Wildman–Crippen LogP) is 2.41. The first-order valence-corrected chi connectivity index (χ1v) is 7.87. The van der Waals surface area contributed by atoms with E-state index in [1.807, 2.05) is 48.5 Å². The highest BCUT2D eigenvalue weighted by molar-refractivity contribution is 5.79. The minimum Gasteiger partial charge on any atom is -0.497 e. The first kappa shape index (κ1) is 15.9. The molecule has 0 saturated carbocycles. The van der Waals surface area contributed by atoms with Gasteiger partial charge in [-0.05, 0) is 30.2 Å². The van der Waals surface area contributed by atoms with Gasteiger partial charge in [-0.15, -0.1) is 0 Å². The molecule has 122 valence electrons. The van der Waals surface area contributed by atoms with Crippen molar-refractivity contribution < 1.29 is 14.3 Å². The lowest BCUT2D eigenvalue weighted by molar-refractivity contribution is -0.126. The molecule has 0 unspecified atom stereocenters. The van der Waals surface area contributed by atoms with Gasteiger partial charge in [0, 0.05) is 11.6 Å². The smallest absolute Gasteiger partial charge is 0.227 e. The first-order valence-electron chi connectivity index (χ1n) is 7.87. The van der Waals surface area contributed by atoms with Crippen molar-refractivity contribution in [1.82, 2.24) is 5.32 Å². The van der Waals surface area contributed by atoms with Crippen molar-refractivity contribution in [3.8, 4) is 23.3 Å². The molecule has 1 amide bonds. The molecule has 0 radical (unpaired) electrons. The Kier molecular flexibility index (Phi) is 5.02. The summed E-state index contributed by atoms with van der Waals surface area (Å²) in [7, 11) is 1.62. The van der Waals surface area contributed by atoms with Gasteiger partial charge in [-0.1, -0.05) is 36.1 Å². The molecular formula is C20H19NO3. The van der Waals surface area contributed by atoms with Crippen LogP contribution in [0.2, 0.25) is 0 Å². The Morgan fingerprint density at radius 1 is 1.29 bits per heavy atom. The van der Waals surface area contributed by atoms with Crippen LogP contribution in [0.25, 0.3) is 0 Å². The monoisotopic (exact) mass is 321 g/mol. The standard InChI is InChI=1S/C20H19NO3/c1-23-18-10-9-16-12-17(14-24-19(16)13-18)20(22)21-11-5-8-15-6-3-2-4-7-15/h2-4,6-7,9-10,13,17H,11-12,14H2,1H3,(H,21,22)/t17-/m0/s1. The Morgan fingerprint density at radius 2 is 2.12 bits per heavy atom. The fraction of sp³-hybridized carbons (Fsp3) is 0.250. The van der Waals surface area contributed by atoms with E-state index in [1.165, 1.54) is 0 Å². The summed E-state index contributed by atoms with van der Waals surface area (Å²) in [5.41, 5.74) is 1.97. The van der Waals surface area contributed by atoms with Crippen LogP contribution in [-0.4, -0.2) is 26.2 Å². The number of carbonyl (C=O) groups is 1. The summed E-state index contributed by atoms with van der Waals surface area (Å²) in [5, 5.41) is 2.86. The molecule has 4 nitrogen and oxygen atoms in total. The maximum atomic E-state index is 12.3. The van der Waals surface area contributed by atoms with Crippen LogP contribution in [0, 0.1) is 17.8 Å². The second-order valence-electron chi connectivity index (χ2n) is 5.57. The molecule has 1 N–H and O–H groups in total. The molecule has 0 spiro atoms. The maximum Gasteiger partial charge on any atom is 0.227 e. The Balaban J connectivity index is 1.54. The fourth-order valence-electron chi connectivity index (χ4n) is 2.59. The van der Waals surface area contributed by atoms with Crippen LogP contribution in [0.15, 0.2) is 48.5 Å². The number of hydrogen-bond acceptors (Lipinski definition) is 3. The molecule has 3 rings (SSSR count). The Labute approximate surface area is 141 Å². The molecule has 2 aromatic carbocycles. The summed E-state index contributed by atoms with van der Waals surface area (Å²) in [5.74, 6) is 7.32. The molecule has 0 fully saturated rings. The van der Waals surface area contributed by atoms with Crippen molar-refractivity contribution >= 4 is 5.91 Å². The summed E-state index contributed by atoms with van der Waals surface area (Å²) in [6.45, 7) is 0.706. The van der Waals surface area contributed by atoms with E-state index in [0.717, 1.165) is 22.6 Å². The third-order valence-corrected chi connectivity index (χ3v) is 3.91. The molecule has 2 aromatic rings. The Bertz CT molecular complexity index is 774. The molecule has 1 aliphatic heterocycles. The zero-order valence-corrected chi connectivity index (χ0v) is 13.5. The molecule has 0 aliphatic carbocycles. The molecule has 0 bridgehead atoms. The highest BCUT2D eigenvalue weighted by Gasteiger charge is 2.25. The van der Waals surface area contributed by atoms with Gasteiger partial charge in [0.25, 0.3) is 0 Å². The van der Waals surface area contributed by atoms with Gasteiger partial charge in [0.1, 0.15) is 18.1 Å². The number of hydrogen-bond donors (Lipinski definition) is 1. The van der Waals surface area contributed by atoms with Crippen LogP contribution in [-0.2, 0) is 11.2 Å². The zero-order chi connectivity index (χ0) is 16.8. The highest BCUT2D eigenvalue weighted by atomic mass is 16.5. The van der Waals surface area contributed by atoms with Gasteiger partial charge in [-0.3, -0.25) is 4.79 Å². The lowest BCUT2D eigenvalue weighted by Crippen LogP contribution is -2.37. The number of nitrogens with one attached hydrogen (secondary N) is 1. The van der Waals surface area contributed by atoms with Gasteiger partial charge in [0.05, 0.1) is 19.6 Å². The topological polar surface area (TPSA) is 47.6 Å². The highest BCUT2D eigenvalue weighted by Crippen LogP contribution is 2.30. The first-order chi connectivity index (χ1) is 11.8. The fourth-order valence-corrected chi connectivity index (χ4v) is 2.59. The van der Waals surface area contributed by atoms with Crippen LogP contribution < -0.4 is 14.8 Å². The normalized spacial score (nSPS) is 15.3. The molecule has 24 heavy (non-hydrogen) atoms. The third kappa shape index (κ3) is 3.88. The second kappa shape index (κ2) is 7.56. The second-order valence-corrected chi connectivity index (χ2v) is 5.57. The van der Waals surface area contributed by atoms with Crippen molar-refractivity contribution in [1.29, 1.82) is 0 Å². The number of fused-ring (bicyclic) bond motifs is 1. The van der Waals surface area contributed by atoms with Gasteiger partial charge in [-0.2, -0.15) is 0 Å². The van der Waals surface area contributed by atoms with Crippen molar-refractivity contribution in [2.75, 3.05) is 20.3 Å². The van der Waals surface area contributed by atoms with Gasteiger partial charge in [-0.25, -0.2) is 0 Å².